The number of pyridine rings is 1. The minimum atomic E-state index is -1.05. The Morgan fingerprint density at radius 3 is 2.57 bits per heavy atom. The van der Waals surface area contributed by atoms with E-state index in [0.29, 0.717) is 5.82 Å². The minimum absolute atomic E-state index is 0.0857. The average molecular weight is 284 g/mol. The van der Waals surface area contributed by atoms with Gasteiger partial charge in [-0.2, -0.15) is 0 Å². The van der Waals surface area contributed by atoms with Crippen LogP contribution >= 0.6 is 0 Å². The lowest BCUT2D eigenvalue weighted by atomic mass is 10.0. The Hall–Kier alpha value is -2.69. The highest BCUT2D eigenvalue weighted by atomic mass is 16.4. The number of carbonyl (C=O) groups excluding carboxylic acids is 1. The summed E-state index contributed by atoms with van der Waals surface area (Å²) in [4.78, 5) is 26.6. The number of rotatable bonds is 4. The fourth-order valence-electron chi connectivity index (χ4n) is 1.95. The summed E-state index contributed by atoms with van der Waals surface area (Å²) in [6.45, 7) is 3.94. The Kier molecular flexibility index (Phi) is 4.33. The van der Waals surface area contributed by atoms with Crippen LogP contribution in [0.2, 0.25) is 0 Å². The molecule has 0 radical (unpaired) electrons. The van der Waals surface area contributed by atoms with Crippen molar-refractivity contribution in [3.8, 4) is 0 Å². The lowest BCUT2D eigenvalue weighted by Gasteiger charge is -2.08. The van der Waals surface area contributed by atoms with E-state index in [1.54, 1.807) is 0 Å². The zero-order valence-electron chi connectivity index (χ0n) is 11.9. The van der Waals surface area contributed by atoms with E-state index in [1.807, 2.05) is 32.0 Å². The number of amides is 1. The smallest absolute Gasteiger partial charge is 0.337 e. The maximum atomic E-state index is 12.0. The molecule has 108 valence electrons. The van der Waals surface area contributed by atoms with Crippen molar-refractivity contribution >= 4 is 17.7 Å². The monoisotopic (exact) mass is 284 g/mol. The quantitative estimate of drug-likeness (QED) is 0.904. The lowest BCUT2D eigenvalue weighted by Crippen LogP contribution is -2.16. The van der Waals surface area contributed by atoms with Crippen molar-refractivity contribution < 1.29 is 14.7 Å². The summed E-state index contributed by atoms with van der Waals surface area (Å²) >= 11 is 0. The number of hydrogen-bond donors (Lipinski definition) is 2. The fourth-order valence-corrected chi connectivity index (χ4v) is 1.95. The van der Waals surface area contributed by atoms with Crippen LogP contribution in [0.4, 0.5) is 5.82 Å². The molecule has 5 heteroatoms. The number of aryl methyl sites for hydroxylation is 2. The molecular weight excluding hydrogens is 268 g/mol. The first-order chi connectivity index (χ1) is 9.95. The van der Waals surface area contributed by atoms with Gasteiger partial charge in [0.25, 0.3) is 0 Å². The minimum Gasteiger partial charge on any atom is -0.478 e. The molecule has 1 aromatic carbocycles. The van der Waals surface area contributed by atoms with Gasteiger partial charge < -0.3 is 10.4 Å². The first-order valence-corrected chi connectivity index (χ1v) is 6.51. The highest BCUT2D eigenvalue weighted by Gasteiger charge is 2.08. The second kappa shape index (κ2) is 6.17. The Bertz CT molecular complexity index is 678. The normalized spacial score (nSPS) is 10.2. The van der Waals surface area contributed by atoms with Crippen molar-refractivity contribution in [2.45, 2.75) is 20.3 Å². The van der Waals surface area contributed by atoms with E-state index >= 15 is 0 Å². The van der Waals surface area contributed by atoms with Crippen LogP contribution in [0, 0.1) is 13.8 Å². The van der Waals surface area contributed by atoms with Gasteiger partial charge in [0.15, 0.2) is 0 Å². The zero-order chi connectivity index (χ0) is 15.4. The molecule has 0 unspecified atom stereocenters. The number of carbonyl (C=O) groups is 2. The van der Waals surface area contributed by atoms with Gasteiger partial charge in [0.1, 0.15) is 5.82 Å². The maximum Gasteiger partial charge on any atom is 0.337 e. The number of carboxylic acids is 1. The molecule has 1 heterocycles. The predicted molar refractivity (Wildman–Crippen MR) is 79.4 cm³/mol. The predicted octanol–water partition coefficient (Wildman–Crippen LogP) is 2.58. The van der Waals surface area contributed by atoms with Crippen molar-refractivity contribution in [2.75, 3.05) is 5.32 Å². The van der Waals surface area contributed by atoms with Crippen LogP contribution in [-0.2, 0) is 11.2 Å². The maximum absolute atomic E-state index is 12.0. The van der Waals surface area contributed by atoms with Crippen molar-refractivity contribution in [3.05, 3.63) is 58.8 Å². The third-order valence-electron chi connectivity index (χ3n) is 3.13. The van der Waals surface area contributed by atoms with E-state index in [2.05, 4.69) is 10.3 Å². The van der Waals surface area contributed by atoms with E-state index in [0.717, 1.165) is 16.7 Å². The number of aromatic carboxylic acids is 1. The van der Waals surface area contributed by atoms with Gasteiger partial charge >= 0.3 is 5.97 Å². The average Bonchev–Trinajstić information content (AvgIpc) is 2.43. The molecular formula is C16H16N2O3. The van der Waals surface area contributed by atoms with Crippen LogP contribution < -0.4 is 5.32 Å². The molecule has 5 nitrogen and oxygen atoms in total. The van der Waals surface area contributed by atoms with E-state index in [4.69, 9.17) is 5.11 Å². The topological polar surface area (TPSA) is 79.3 Å². The number of nitrogens with one attached hydrogen (secondary N) is 1. The molecule has 2 N–H and O–H groups in total. The fraction of sp³-hybridized carbons (Fsp3) is 0.188. The van der Waals surface area contributed by atoms with Crippen molar-refractivity contribution in [1.82, 2.24) is 4.98 Å². The van der Waals surface area contributed by atoms with Gasteiger partial charge in [-0.25, -0.2) is 9.78 Å². The molecule has 0 saturated heterocycles. The van der Waals surface area contributed by atoms with Crippen molar-refractivity contribution in [1.29, 1.82) is 0 Å². The van der Waals surface area contributed by atoms with Gasteiger partial charge in [-0.1, -0.05) is 23.8 Å². The Morgan fingerprint density at radius 2 is 1.95 bits per heavy atom. The highest BCUT2D eigenvalue weighted by Crippen LogP contribution is 2.12. The zero-order valence-corrected chi connectivity index (χ0v) is 11.9. The molecule has 21 heavy (non-hydrogen) atoms. The van der Waals surface area contributed by atoms with Crippen LogP contribution in [0.25, 0.3) is 0 Å². The van der Waals surface area contributed by atoms with E-state index in [9.17, 15) is 9.59 Å². The molecule has 1 aromatic heterocycles. The number of anilines is 1. The number of hydrogen-bond acceptors (Lipinski definition) is 3. The van der Waals surface area contributed by atoms with Crippen LogP contribution in [0.15, 0.2) is 36.5 Å². The van der Waals surface area contributed by atoms with Crippen LogP contribution in [0.1, 0.15) is 27.0 Å². The SMILES string of the molecule is Cc1ccc(C)c(CC(=O)Nc2ccc(C(=O)O)cn2)c1. The molecule has 1 amide bonds. The second-order valence-electron chi connectivity index (χ2n) is 4.89. The van der Waals surface area contributed by atoms with Gasteiger partial charge in [0.05, 0.1) is 12.0 Å². The van der Waals surface area contributed by atoms with Crippen molar-refractivity contribution in [2.24, 2.45) is 0 Å². The number of aromatic nitrogens is 1. The summed E-state index contributed by atoms with van der Waals surface area (Å²) in [6.07, 6.45) is 1.48. The highest BCUT2D eigenvalue weighted by molar-refractivity contribution is 5.92. The summed E-state index contributed by atoms with van der Waals surface area (Å²) in [7, 11) is 0. The summed E-state index contributed by atoms with van der Waals surface area (Å²) in [6, 6.07) is 8.85. The molecule has 0 spiro atoms. The van der Waals surface area contributed by atoms with Gasteiger partial charge in [-0.05, 0) is 37.1 Å². The number of carboxylic acid groups (broad SMARTS) is 1. The van der Waals surface area contributed by atoms with Gasteiger partial charge in [-0.3, -0.25) is 4.79 Å². The standard InChI is InChI=1S/C16H16N2O3/c1-10-3-4-11(2)13(7-10)8-15(19)18-14-6-5-12(9-17-14)16(20)21/h3-7,9H,8H2,1-2H3,(H,20,21)(H,17,18,19). The van der Waals surface area contributed by atoms with E-state index in [-0.39, 0.29) is 17.9 Å². The molecule has 0 aliphatic heterocycles. The summed E-state index contributed by atoms with van der Waals surface area (Å²) < 4.78 is 0. The molecule has 0 atom stereocenters. The third kappa shape index (κ3) is 3.89. The third-order valence-corrected chi connectivity index (χ3v) is 3.13. The van der Waals surface area contributed by atoms with Crippen LogP contribution in [0.3, 0.4) is 0 Å². The number of benzene rings is 1. The second-order valence-corrected chi connectivity index (χ2v) is 4.89. The Labute approximate surface area is 122 Å². The summed E-state index contributed by atoms with van der Waals surface area (Å²) in [5.41, 5.74) is 3.22. The summed E-state index contributed by atoms with van der Waals surface area (Å²) in [5, 5.41) is 11.4. The molecule has 0 bridgehead atoms. The van der Waals surface area contributed by atoms with Crippen LogP contribution in [-0.4, -0.2) is 22.0 Å². The molecule has 2 aromatic rings. The van der Waals surface area contributed by atoms with Crippen LogP contribution in [0.5, 0.6) is 0 Å². The molecule has 2 rings (SSSR count). The van der Waals surface area contributed by atoms with E-state index < -0.39 is 5.97 Å². The summed E-state index contributed by atoms with van der Waals surface area (Å²) in [5.74, 6) is -0.884. The van der Waals surface area contributed by atoms with Gasteiger partial charge in [0, 0.05) is 6.20 Å². The number of nitrogens with zero attached hydrogens (tertiary/aromatic N) is 1. The molecule has 0 aliphatic rings. The molecule has 0 fully saturated rings. The first-order valence-electron chi connectivity index (χ1n) is 6.51. The van der Waals surface area contributed by atoms with Crippen molar-refractivity contribution in [3.63, 3.8) is 0 Å². The van der Waals surface area contributed by atoms with Gasteiger partial charge in [0.2, 0.25) is 5.91 Å². The molecule has 0 saturated carbocycles. The first kappa shape index (κ1) is 14.7. The lowest BCUT2D eigenvalue weighted by molar-refractivity contribution is -0.115. The molecule has 0 aliphatic carbocycles. The van der Waals surface area contributed by atoms with E-state index in [1.165, 1.54) is 18.3 Å². The largest absolute Gasteiger partial charge is 0.478 e. The Morgan fingerprint density at radius 1 is 1.19 bits per heavy atom. The van der Waals surface area contributed by atoms with Gasteiger partial charge in [-0.15, -0.1) is 0 Å². The Balaban J connectivity index is 2.04.